The summed E-state index contributed by atoms with van der Waals surface area (Å²) < 4.78 is 86.3. The molecule has 1 aliphatic heterocycles. The Morgan fingerprint density at radius 3 is 2.48 bits per heavy atom. The average Bonchev–Trinajstić information content (AvgIpc) is 3.59. The number of hydrogen-bond acceptors (Lipinski definition) is 7. The Hall–Kier alpha value is -4.58. The van der Waals surface area contributed by atoms with E-state index in [1.54, 1.807) is 19.1 Å². The van der Waals surface area contributed by atoms with Crippen LogP contribution in [0.1, 0.15) is 5.56 Å². The number of anilines is 2. The van der Waals surface area contributed by atoms with Crippen molar-refractivity contribution in [2.75, 3.05) is 22.6 Å². The van der Waals surface area contributed by atoms with Gasteiger partial charge in [0.2, 0.25) is 5.91 Å². The molecule has 0 radical (unpaired) electrons. The Balaban J connectivity index is 1.30. The molecule has 0 bridgehead atoms. The highest BCUT2D eigenvalue weighted by Gasteiger charge is 2.35. The first-order valence-corrected chi connectivity index (χ1v) is 14.7. The van der Waals surface area contributed by atoms with Crippen LogP contribution in [0.4, 0.5) is 42.5 Å². The van der Waals surface area contributed by atoms with Crippen molar-refractivity contribution in [2.45, 2.75) is 19.5 Å². The van der Waals surface area contributed by atoms with Crippen molar-refractivity contribution in [3.8, 4) is 28.6 Å². The number of thioether (sulfide) groups is 1. The van der Waals surface area contributed by atoms with Crippen LogP contribution in [-0.4, -0.2) is 56.8 Å². The predicted octanol–water partition coefficient (Wildman–Crippen LogP) is 7.51. The van der Waals surface area contributed by atoms with Gasteiger partial charge in [0, 0.05) is 10.0 Å². The van der Waals surface area contributed by atoms with Crippen LogP contribution in [0.3, 0.4) is 0 Å². The highest BCUT2D eigenvalue weighted by molar-refractivity contribution is 9.10. The van der Waals surface area contributed by atoms with Gasteiger partial charge in [-0.05, 0) is 83.0 Å². The molecule has 0 atom stereocenters. The quantitative estimate of drug-likeness (QED) is 0.196. The third-order valence-electron chi connectivity index (χ3n) is 6.00. The Labute approximate surface area is 268 Å². The molecule has 4 aromatic rings. The second-order valence-electron chi connectivity index (χ2n) is 9.47. The van der Waals surface area contributed by atoms with E-state index in [2.05, 4.69) is 41.1 Å². The molecule has 1 fully saturated rings. The lowest BCUT2D eigenvalue weighted by atomic mass is 10.2. The second kappa shape index (κ2) is 13.0. The SMILES string of the molecule is Cc1ccc(OCC(F)(F)F)c(N2C(=O)CS/C2=N\C(=O)Nc2ccc(-c3ncn(-c4ccc(OC(F)(F)F)cc4)n3)cc2Br)c1. The first-order chi connectivity index (χ1) is 21.6. The first-order valence-electron chi connectivity index (χ1n) is 12.9. The zero-order valence-electron chi connectivity index (χ0n) is 23.2. The molecule has 0 saturated carbocycles. The van der Waals surface area contributed by atoms with Crippen molar-refractivity contribution in [3.63, 3.8) is 0 Å². The Morgan fingerprint density at radius 2 is 1.80 bits per heavy atom. The Morgan fingerprint density at radius 1 is 1.07 bits per heavy atom. The van der Waals surface area contributed by atoms with Crippen LogP contribution in [0, 0.1) is 6.92 Å². The van der Waals surface area contributed by atoms with Crippen LogP contribution in [0.25, 0.3) is 17.1 Å². The summed E-state index contributed by atoms with van der Waals surface area (Å²) in [5.74, 6) is -0.908. The molecule has 240 valence electrons. The molecule has 1 aliphatic rings. The molecule has 1 aromatic heterocycles. The summed E-state index contributed by atoms with van der Waals surface area (Å²) in [6.45, 7) is 0.114. The van der Waals surface area contributed by atoms with Crippen LogP contribution >= 0.6 is 27.7 Å². The van der Waals surface area contributed by atoms with Gasteiger partial charge in [-0.15, -0.1) is 18.3 Å². The number of amides is 3. The van der Waals surface area contributed by atoms with Crippen LogP contribution in [0.5, 0.6) is 11.5 Å². The zero-order chi connectivity index (χ0) is 33.2. The van der Waals surface area contributed by atoms with Crippen LogP contribution in [0.15, 0.2) is 76.5 Å². The topological polar surface area (TPSA) is 111 Å². The van der Waals surface area contributed by atoms with E-state index in [0.717, 1.165) is 28.8 Å². The minimum atomic E-state index is -4.81. The molecule has 18 heteroatoms. The highest BCUT2D eigenvalue weighted by Crippen LogP contribution is 2.36. The van der Waals surface area contributed by atoms with Crippen LogP contribution < -0.4 is 19.7 Å². The number of ether oxygens (including phenoxy) is 2. The molecule has 5 rings (SSSR count). The third-order valence-corrected chi connectivity index (χ3v) is 7.58. The summed E-state index contributed by atoms with van der Waals surface area (Å²) in [6.07, 6.45) is -8.05. The summed E-state index contributed by atoms with van der Waals surface area (Å²) in [7, 11) is 0. The normalized spacial score (nSPS) is 14.6. The molecule has 10 nitrogen and oxygen atoms in total. The molecule has 46 heavy (non-hydrogen) atoms. The van der Waals surface area contributed by atoms with Crippen molar-refractivity contribution < 1.29 is 45.4 Å². The van der Waals surface area contributed by atoms with E-state index in [9.17, 15) is 35.9 Å². The molecule has 2 heterocycles. The van der Waals surface area contributed by atoms with Gasteiger partial charge < -0.3 is 14.8 Å². The predicted molar refractivity (Wildman–Crippen MR) is 160 cm³/mol. The number of carbonyl (C=O) groups is 2. The van der Waals surface area contributed by atoms with Gasteiger partial charge in [-0.3, -0.25) is 9.69 Å². The van der Waals surface area contributed by atoms with Crippen LogP contribution in [0.2, 0.25) is 0 Å². The summed E-state index contributed by atoms with van der Waals surface area (Å²) >= 11 is 4.31. The number of halogens is 7. The molecule has 3 aromatic carbocycles. The average molecular weight is 729 g/mol. The maximum atomic E-state index is 12.9. The van der Waals surface area contributed by atoms with Gasteiger partial charge >= 0.3 is 18.6 Å². The monoisotopic (exact) mass is 728 g/mol. The minimum Gasteiger partial charge on any atom is -0.482 e. The van der Waals surface area contributed by atoms with E-state index < -0.39 is 31.1 Å². The van der Waals surface area contributed by atoms with Crippen LogP contribution in [-0.2, 0) is 4.79 Å². The second-order valence-corrected chi connectivity index (χ2v) is 11.3. The first kappa shape index (κ1) is 32.8. The summed E-state index contributed by atoms with van der Waals surface area (Å²) in [5, 5.41) is 6.87. The lowest BCUT2D eigenvalue weighted by Gasteiger charge is -2.21. The molecule has 3 amide bonds. The van der Waals surface area contributed by atoms with E-state index in [1.807, 2.05) is 0 Å². The Kier molecular flexibility index (Phi) is 9.29. The van der Waals surface area contributed by atoms with Crippen molar-refractivity contribution >= 4 is 56.2 Å². The molecule has 0 spiro atoms. The van der Waals surface area contributed by atoms with Gasteiger partial charge in [0.25, 0.3) is 0 Å². The molecular formula is C28H19BrF6N6O4S. The Bertz CT molecular complexity index is 1810. The maximum absolute atomic E-state index is 12.9. The minimum absolute atomic E-state index is 0.0221. The van der Waals surface area contributed by atoms with Crippen molar-refractivity contribution in [3.05, 3.63) is 77.0 Å². The number of carbonyl (C=O) groups excluding carboxylic acids is 2. The molecule has 1 saturated heterocycles. The number of nitrogens with one attached hydrogen (secondary N) is 1. The number of aryl methyl sites for hydroxylation is 1. The highest BCUT2D eigenvalue weighted by atomic mass is 79.9. The summed E-state index contributed by atoms with van der Waals surface area (Å²) in [4.78, 5) is 34.8. The smallest absolute Gasteiger partial charge is 0.482 e. The van der Waals surface area contributed by atoms with Crippen molar-refractivity contribution in [1.82, 2.24) is 14.8 Å². The van der Waals surface area contributed by atoms with Gasteiger partial charge in [0.05, 0.1) is 22.8 Å². The van der Waals surface area contributed by atoms with E-state index >= 15 is 0 Å². The van der Waals surface area contributed by atoms with Crippen molar-refractivity contribution in [2.24, 2.45) is 4.99 Å². The van der Waals surface area contributed by atoms with Gasteiger partial charge in [-0.25, -0.2) is 14.5 Å². The number of nitrogens with zero attached hydrogens (tertiary/aromatic N) is 5. The number of benzene rings is 3. The third kappa shape index (κ3) is 8.16. The van der Waals surface area contributed by atoms with Gasteiger partial charge in [-0.1, -0.05) is 17.8 Å². The zero-order valence-corrected chi connectivity index (χ0v) is 25.6. The fourth-order valence-electron chi connectivity index (χ4n) is 4.07. The van der Waals surface area contributed by atoms with Crippen molar-refractivity contribution in [1.29, 1.82) is 0 Å². The summed E-state index contributed by atoms with van der Waals surface area (Å²) in [5.41, 5.74) is 1.91. The standard InChI is InChI=1S/C28H19BrF6N6O4S/c1-15-2-9-22(44-13-27(30,31)32)21(10-15)41-23(42)12-46-26(41)38-25(43)37-20-8-3-16(11-19(20)29)24-36-14-40(39-24)17-4-6-18(7-5-17)45-28(33,34)35/h2-11,14H,12-13H2,1H3,(H,37,43)/b38-26-. The van der Waals surface area contributed by atoms with E-state index in [4.69, 9.17) is 4.74 Å². The molecule has 0 unspecified atom stereocenters. The lowest BCUT2D eigenvalue weighted by Crippen LogP contribution is -2.31. The lowest BCUT2D eigenvalue weighted by molar-refractivity contribution is -0.274. The fraction of sp³-hybridized carbons (Fsp3) is 0.179. The molecule has 0 aliphatic carbocycles. The number of rotatable bonds is 7. The largest absolute Gasteiger partial charge is 0.573 e. The maximum Gasteiger partial charge on any atom is 0.573 e. The number of aliphatic imine (C=N–C) groups is 1. The number of aromatic nitrogens is 3. The molecular weight excluding hydrogens is 710 g/mol. The molecule has 1 N–H and O–H groups in total. The number of amidine groups is 1. The van der Waals surface area contributed by atoms with E-state index in [-0.39, 0.29) is 33.9 Å². The number of alkyl halides is 6. The van der Waals surface area contributed by atoms with E-state index in [0.29, 0.717) is 27.0 Å². The van der Waals surface area contributed by atoms with Gasteiger partial charge in [0.1, 0.15) is 17.8 Å². The van der Waals surface area contributed by atoms with E-state index in [1.165, 1.54) is 47.4 Å². The number of hydrogen-bond donors (Lipinski definition) is 1. The number of urea groups is 1. The van der Waals surface area contributed by atoms with Gasteiger partial charge in [0.15, 0.2) is 17.6 Å². The van der Waals surface area contributed by atoms with Gasteiger partial charge in [-0.2, -0.15) is 18.2 Å². The summed E-state index contributed by atoms with van der Waals surface area (Å²) in [6, 6.07) is 13.2. The fourth-order valence-corrected chi connectivity index (χ4v) is 5.41.